The Hall–Kier alpha value is -4.31. The lowest BCUT2D eigenvalue weighted by Crippen LogP contribution is -2.27. The van der Waals surface area contributed by atoms with Gasteiger partial charge in [0.2, 0.25) is 10.0 Å². The van der Waals surface area contributed by atoms with Gasteiger partial charge in [0.15, 0.2) is 0 Å². The second-order valence-electron chi connectivity index (χ2n) is 11.4. The molecule has 6 aromatic rings. The number of rotatable bonds is 13. The summed E-state index contributed by atoms with van der Waals surface area (Å²) in [6.45, 7) is 0.358. The van der Waals surface area contributed by atoms with Crippen molar-refractivity contribution in [3.8, 4) is 5.75 Å². The molecule has 1 heterocycles. The fourth-order valence-electron chi connectivity index (χ4n) is 6.05. The highest BCUT2D eigenvalue weighted by atomic mass is 35.5. The maximum Gasteiger partial charge on any atom is 0.335 e. The highest BCUT2D eigenvalue weighted by Gasteiger charge is 2.26. The monoisotopic (exact) mass is 732 g/mol. The molecule has 0 saturated heterocycles. The van der Waals surface area contributed by atoms with Crippen LogP contribution in [0.4, 0.5) is 0 Å². The van der Waals surface area contributed by atoms with Crippen molar-refractivity contribution in [3.63, 3.8) is 0 Å². The van der Waals surface area contributed by atoms with Crippen LogP contribution in [0.1, 0.15) is 38.8 Å². The number of aromatic carboxylic acids is 1. The van der Waals surface area contributed by atoms with Crippen LogP contribution in [0.3, 0.4) is 0 Å². The quantitative estimate of drug-likeness (QED) is 0.123. The first kappa shape index (κ1) is 34.5. The van der Waals surface area contributed by atoms with Crippen molar-refractivity contribution in [2.45, 2.75) is 23.8 Å². The predicted molar refractivity (Wildman–Crippen MR) is 195 cm³/mol. The Balaban J connectivity index is 1.43. The van der Waals surface area contributed by atoms with E-state index in [2.05, 4.69) is 33.6 Å². The summed E-state index contributed by atoms with van der Waals surface area (Å²) in [5, 5.41) is 11.2. The van der Waals surface area contributed by atoms with Crippen molar-refractivity contribution in [2.75, 3.05) is 13.2 Å². The summed E-state index contributed by atoms with van der Waals surface area (Å²) < 4.78 is 37.8. The number of hydrogen-bond donors (Lipinski definition) is 2. The van der Waals surface area contributed by atoms with Crippen LogP contribution < -0.4 is 9.46 Å². The third kappa shape index (κ3) is 7.96. The van der Waals surface area contributed by atoms with Crippen molar-refractivity contribution in [3.05, 3.63) is 164 Å². The van der Waals surface area contributed by atoms with Gasteiger partial charge in [0.05, 0.1) is 23.1 Å². The van der Waals surface area contributed by atoms with Crippen molar-refractivity contribution in [1.82, 2.24) is 9.29 Å². The molecule has 0 unspecified atom stereocenters. The first-order valence-electron chi connectivity index (χ1n) is 15.4. The van der Waals surface area contributed by atoms with Gasteiger partial charge in [0.1, 0.15) is 5.75 Å². The first-order valence-corrected chi connectivity index (χ1v) is 18.1. The Morgan fingerprint density at radius 2 is 1.37 bits per heavy atom. The average Bonchev–Trinajstić information content (AvgIpc) is 3.37. The number of fused-ring (bicyclic) bond motifs is 1. The lowest BCUT2D eigenvalue weighted by atomic mass is 9.97. The number of carboxylic acid groups (broad SMARTS) is 1. The van der Waals surface area contributed by atoms with Gasteiger partial charge >= 0.3 is 5.97 Å². The predicted octanol–water partition coefficient (Wildman–Crippen LogP) is 9.08. The average molecular weight is 734 g/mol. The van der Waals surface area contributed by atoms with E-state index in [9.17, 15) is 18.3 Å². The molecule has 0 radical (unpaired) electrons. The topological polar surface area (TPSA) is 97.6 Å². The van der Waals surface area contributed by atoms with Gasteiger partial charge in [0.25, 0.3) is 0 Å². The number of aromatic nitrogens is 1. The van der Waals surface area contributed by atoms with E-state index in [-0.39, 0.29) is 39.7 Å². The number of nitrogens with one attached hydrogen (secondary N) is 1. The lowest BCUT2D eigenvalue weighted by molar-refractivity contribution is 0.0697. The molecule has 0 amide bonds. The molecule has 0 spiro atoms. The molecule has 6 rings (SSSR count). The van der Waals surface area contributed by atoms with E-state index in [4.69, 9.17) is 39.5 Å². The van der Waals surface area contributed by atoms with E-state index in [0.29, 0.717) is 23.6 Å². The second-order valence-corrected chi connectivity index (χ2v) is 14.4. The van der Waals surface area contributed by atoms with E-state index in [1.165, 1.54) is 30.3 Å². The second kappa shape index (κ2) is 15.1. The van der Waals surface area contributed by atoms with Crippen LogP contribution in [0, 0.1) is 0 Å². The Labute approximate surface area is 299 Å². The van der Waals surface area contributed by atoms with E-state index in [1.807, 2.05) is 54.6 Å². The molecule has 0 fully saturated rings. The van der Waals surface area contributed by atoms with Crippen LogP contribution in [0.25, 0.3) is 10.9 Å². The smallest absolute Gasteiger partial charge is 0.335 e. The van der Waals surface area contributed by atoms with E-state index in [1.54, 1.807) is 12.1 Å². The van der Waals surface area contributed by atoms with Gasteiger partial charge in [-0.05, 0) is 77.4 Å². The summed E-state index contributed by atoms with van der Waals surface area (Å²) >= 11 is 18.8. The van der Waals surface area contributed by atoms with Crippen molar-refractivity contribution in [2.24, 2.45) is 0 Å². The van der Waals surface area contributed by atoms with Gasteiger partial charge < -0.3 is 14.4 Å². The molecule has 0 aliphatic rings. The van der Waals surface area contributed by atoms with Crippen LogP contribution in [0.5, 0.6) is 5.75 Å². The van der Waals surface area contributed by atoms with Crippen LogP contribution in [0.15, 0.2) is 126 Å². The Morgan fingerprint density at radius 1 is 0.755 bits per heavy atom. The molecule has 2 N–H and O–H groups in total. The van der Waals surface area contributed by atoms with Gasteiger partial charge in [-0.25, -0.2) is 17.9 Å². The number of carboxylic acids is 1. The van der Waals surface area contributed by atoms with Gasteiger partial charge in [-0.1, -0.05) is 95.5 Å². The summed E-state index contributed by atoms with van der Waals surface area (Å²) in [6, 6.07) is 36.3. The standard InChI is InChI=1S/C38H31Cl3N2O5S/c39-28-13-16-35-34(24-28)33(18-20-48-31-14-11-27(12-15-31)38(44)45)36(17-19-42-49(46,47)32-22-29(40)21-30(41)23-32)43(35)37(25-7-3-1-4-8-25)26-9-5-2-6-10-26/h1-16,21-24,37,42H,17-20H2,(H,44,45). The minimum Gasteiger partial charge on any atom is -0.493 e. The van der Waals surface area contributed by atoms with Gasteiger partial charge in [-0.15, -0.1) is 0 Å². The normalized spacial score (nSPS) is 11.7. The molecular weight excluding hydrogens is 703 g/mol. The zero-order chi connectivity index (χ0) is 34.5. The lowest BCUT2D eigenvalue weighted by Gasteiger charge is -2.25. The molecule has 7 nitrogen and oxygen atoms in total. The van der Waals surface area contributed by atoms with E-state index >= 15 is 0 Å². The van der Waals surface area contributed by atoms with Gasteiger partial charge in [-0.3, -0.25) is 0 Å². The van der Waals surface area contributed by atoms with Crippen molar-refractivity contribution < 1.29 is 23.1 Å². The number of nitrogens with zero attached hydrogens (tertiary/aromatic N) is 1. The minimum absolute atomic E-state index is 0.0219. The number of halogens is 3. The zero-order valence-electron chi connectivity index (χ0n) is 26.0. The van der Waals surface area contributed by atoms with Gasteiger partial charge in [0, 0.05) is 51.1 Å². The number of hydrogen-bond acceptors (Lipinski definition) is 4. The maximum atomic E-state index is 13.4. The molecule has 1 aromatic heterocycles. The number of ether oxygens (including phenoxy) is 1. The van der Waals surface area contributed by atoms with E-state index < -0.39 is 16.0 Å². The molecule has 49 heavy (non-hydrogen) atoms. The van der Waals surface area contributed by atoms with Crippen LogP contribution in [-0.4, -0.2) is 37.2 Å². The fraction of sp³-hybridized carbons (Fsp3) is 0.132. The minimum atomic E-state index is -3.94. The molecule has 0 saturated carbocycles. The summed E-state index contributed by atoms with van der Waals surface area (Å²) in [5.74, 6) is -0.478. The fourth-order valence-corrected chi connectivity index (χ4v) is 7.98. The molecule has 11 heteroatoms. The van der Waals surface area contributed by atoms with Crippen molar-refractivity contribution >= 4 is 61.7 Å². The Kier molecular flexibility index (Phi) is 10.6. The zero-order valence-corrected chi connectivity index (χ0v) is 29.1. The molecule has 0 bridgehead atoms. The van der Waals surface area contributed by atoms with Crippen LogP contribution in [-0.2, 0) is 22.9 Å². The van der Waals surface area contributed by atoms with Crippen LogP contribution in [0.2, 0.25) is 15.1 Å². The summed E-state index contributed by atoms with van der Waals surface area (Å²) in [5.41, 5.74) is 5.08. The molecule has 0 atom stereocenters. The van der Waals surface area contributed by atoms with E-state index in [0.717, 1.165) is 33.3 Å². The molecular formula is C38H31Cl3N2O5S. The number of sulfonamides is 1. The van der Waals surface area contributed by atoms with Crippen molar-refractivity contribution in [1.29, 1.82) is 0 Å². The SMILES string of the molecule is O=C(O)c1ccc(OCCc2c(CCNS(=O)(=O)c3cc(Cl)cc(Cl)c3)n(C(c3ccccc3)c3ccccc3)c3ccc(Cl)cc23)cc1. The Bertz CT molecular complexity index is 2150. The maximum absolute atomic E-state index is 13.4. The molecule has 0 aliphatic carbocycles. The third-order valence-electron chi connectivity index (χ3n) is 8.19. The molecule has 250 valence electrons. The highest BCUT2D eigenvalue weighted by Crippen LogP contribution is 2.38. The van der Waals surface area contributed by atoms with Gasteiger partial charge in [-0.2, -0.15) is 0 Å². The third-order valence-corrected chi connectivity index (χ3v) is 10.3. The largest absolute Gasteiger partial charge is 0.493 e. The molecule has 5 aromatic carbocycles. The van der Waals surface area contributed by atoms with Crippen LogP contribution >= 0.6 is 34.8 Å². The summed E-state index contributed by atoms with van der Waals surface area (Å²) in [6.07, 6.45) is 0.797. The summed E-state index contributed by atoms with van der Waals surface area (Å²) in [7, 11) is -3.94. The number of benzene rings is 5. The highest BCUT2D eigenvalue weighted by molar-refractivity contribution is 7.89. The molecule has 0 aliphatic heterocycles. The Morgan fingerprint density at radius 3 is 1.96 bits per heavy atom. The first-order chi connectivity index (χ1) is 23.6. The number of carbonyl (C=O) groups is 1. The summed E-state index contributed by atoms with van der Waals surface area (Å²) in [4.78, 5) is 11.3.